The molecule has 1 rings (SSSR count). The third-order valence-electron chi connectivity index (χ3n) is 2.23. The molecule has 0 fully saturated rings. The monoisotopic (exact) mass is 255 g/mol. The van der Waals surface area contributed by atoms with Gasteiger partial charge in [-0.2, -0.15) is 0 Å². The first-order valence-corrected chi connectivity index (χ1v) is 5.22. The van der Waals surface area contributed by atoms with Gasteiger partial charge in [0.25, 0.3) is 11.4 Å². The standard InChI is InChI=1S/C10H13N3O5/c1-7(14)5-11-6-8-2-3-9(12(15)16)4-10(8)13(17)18/h2-4,7,11,14H,5-6H2,1H3. The molecule has 1 aromatic carbocycles. The van der Waals surface area contributed by atoms with Gasteiger partial charge in [-0.1, -0.05) is 0 Å². The molecule has 1 aromatic rings. The fourth-order valence-corrected chi connectivity index (χ4v) is 1.40. The van der Waals surface area contributed by atoms with Crippen LogP contribution in [0.4, 0.5) is 11.4 Å². The first-order valence-electron chi connectivity index (χ1n) is 5.22. The van der Waals surface area contributed by atoms with E-state index in [1.807, 2.05) is 0 Å². The Bertz CT molecular complexity index is 461. The van der Waals surface area contributed by atoms with Crippen LogP contribution in [0.5, 0.6) is 0 Å². The van der Waals surface area contributed by atoms with Crippen LogP contribution in [0.15, 0.2) is 18.2 Å². The van der Waals surface area contributed by atoms with Crippen LogP contribution in [-0.2, 0) is 6.54 Å². The van der Waals surface area contributed by atoms with E-state index in [2.05, 4.69) is 5.32 Å². The predicted molar refractivity (Wildman–Crippen MR) is 63.1 cm³/mol. The van der Waals surface area contributed by atoms with Gasteiger partial charge in [0.15, 0.2) is 0 Å². The molecule has 8 heteroatoms. The van der Waals surface area contributed by atoms with Gasteiger partial charge in [-0.15, -0.1) is 0 Å². The minimum absolute atomic E-state index is 0.166. The summed E-state index contributed by atoms with van der Waals surface area (Å²) < 4.78 is 0. The lowest BCUT2D eigenvalue weighted by atomic mass is 10.1. The van der Waals surface area contributed by atoms with Crippen molar-refractivity contribution in [3.8, 4) is 0 Å². The number of rotatable bonds is 6. The normalized spacial score (nSPS) is 12.1. The maximum atomic E-state index is 10.8. The Hall–Kier alpha value is -2.06. The smallest absolute Gasteiger partial charge is 0.280 e. The van der Waals surface area contributed by atoms with Crippen molar-refractivity contribution in [1.82, 2.24) is 5.32 Å². The number of nitrogens with zero attached hydrogens (tertiary/aromatic N) is 2. The number of hydrogen-bond donors (Lipinski definition) is 2. The van der Waals surface area contributed by atoms with Crippen LogP contribution in [0.25, 0.3) is 0 Å². The van der Waals surface area contributed by atoms with Gasteiger partial charge in [-0.05, 0) is 13.0 Å². The fourth-order valence-electron chi connectivity index (χ4n) is 1.40. The second-order valence-corrected chi connectivity index (χ2v) is 3.81. The lowest BCUT2D eigenvalue weighted by Crippen LogP contribution is -2.24. The highest BCUT2D eigenvalue weighted by Gasteiger charge is 2.18. The van der Waals surface area contributed by atoms with Crippen molar-refractivity contribution in [1.29, 1.82) is 0 Å². The summed E-state index contributed by atoms with van der Waals surface area (Å²) in [5.74, 6) is 0. The van der Waals surface area contributed by atoms with E-state index in [-0.39, 0.29) is 24.5 Å². The molecule has 0 bridgehead atoms. The van der Waals surface area contributed by atoms with Gasteiger partial charge < -0.3 is 10.4 Å². The number of non-ortho nitro benzene ring substituents is 1. The number of nitro groups is 2. The topological polar surface area (TPSA) is 119 Å². The van der Waals surface area contributed by atoms with Gasteiger partial charge >= 0.3 is 0 Å². The zero-order valence-corrected chi connectivity index (χ0v) is 9.70. The number of hydrogen-bond acceptors (Lipinski definition) is 6. The zero-order chi connectivity index (χ0) is 13.7. The van der Waals surface area contributed by atoms with E-state index >= 15 is 0 Å². The summed E-state index contributed by atoms with van der Waals surface area (Å²) in [6, 6.07) is 3.48. The molecule has 0 heterocycles. The average Bonchev–Trinajstić information content (AvgIpc) is 2.28. The van der Waals surface area contributed by atoms with Crippen LogP contribution in [0.1, 0.15) is 12.5 Å². The van der Waals surface area contributed by atoms with Crippen LogP contribution >= 0.6 is 0 Å². The molecule has 0 saturated heterocycles. The van der Waals surface area contributed by atoms with E-state index in [1.165, 1.54) is 12.1 Å². The van der Waals surface area contributed by atoms with E-state index in [0.717, 1.165) is 6.07 Å². The molecule has 2 N–H and O–H groups in total. The molecule has 0 radical (unpaired) electrons. The average molecular weight is 255 g/mol. The Kier molecular flexibility index (Phi) is 4.69. The molecule has 0 saturated carbocycles. The fraction of sp³-hybridized carbons (Fsp3) is 0.400. The Balaban J connectivity index is 2.90. The summed E-state index contributed by atoms with van der Waals surface area (Å²) in [5.41, 5.74) is -0.283. The minimum Gasteiger partial charge on any atom is -0.392 e. The van der Waals surface area contributed by atoms with Gasteiger partial charge in [-0.25, -0.2) is 0 Å². The van der Waals surface area contributed by atoms with E-state index in [4.69, 9.17) is 5.11 Å². The van der Waals surface area contributed by atoms with Crippen LogP contribution in [0, 0.1) is 20.2 Å². The van der Waals surface area contributed by atoms with E-state index in [9.17, 15) is 20.2 Å². The lowest BCUT2D eigenvalue weighted by Gasteiger charge is -2.07. The van der Waals surface area contributed by atoms with Crippen molar-refractivity contribution < 1.29 is 15.0 Å². The SMILES string of the molecule is CC(O)CNCc1ccc([N+](=O)[O-])cc1[N+](=O)[O-]. The Morgan fingerprint density at radius 1 is 1.33 bits per heavy atom. The Morgan fingerprint density at radius 2 is 2.00 bits per heavy atom. The first kappa shape index (κ1) is 14.0. The summed E-state index contributed by atoms with van der Waals surface area (Å²) in [5, 5.41) is 33.2. The number of nitro benzene ring substituents is 2. The summed E-state index contributed by atoms with van der Waals surface area (Å²) >= 11 is 0. The van der Waals surface area contributed by atoms with E-state index < -0.39 is 16.0 Å². The van der Waals surface area contributed by atoms with Gasteiger partial charge in [0, 0.05) is 24.7 Å². The summed E-state index contributed by atoms with van der Waals surface area (Å²) in [6.07, 6.45) is -0.567. The predicted octanol–water partition coefficient (Wildman–Crippen LogP) is 0.973. The summed E-state index contributed by atoms with van der Waals surface area (Å²) in [7, 11) is 0. The molecule has 1 unspecified atom stereocenters. The molecule has 1 atom stereocenters. The summed E-state index contributed by atoms with van der Waals surface area (Å²) in [4.78, 5) is 20.0. The molecule has 0 aliphatic carbocycles. The highest BCUT2D eigenvalue weighted by Crippen LogP contribution is 2.24. The Morgan fingerprint density at radius 3 is 2.50 bits per heavy atom. The number of nitrogens with one attached hydrogen (secondary N) is 1. The molecule has 0 aromatic heterocycles. The lowest BCUT2D eigenvalue weighted by molar-refractivity contribution is -0.394. The maximum Gasteiger partial charge on any atom is 0.280 e. The highest BCUT2D eigenvalue weighted by atomic mass is 16.6. The molecule has 98 valence electrons. The van der Waals surface area contributed by atoms with Gasteiger partial charge in [0.05, 0.1) is 22.0 Å². The van der Waals surface area contributed by atoms with Crippen LogP contribution in [0.2, 0.25) is 0 Å². The zero-order valence-electron chi connectivity index (χ0n) is 9.70. The molecule has 18 heavy (non-hydrogen) atoms. The molecule has 0 aliphatic rings. The maximum absolute atomic E-state index is 10.8. The van der Waals surface area contributed by atoms with Crippen molar-refractivity contribution in [2.24, 2.45) is 0 Å². The van der Waals surface area contributed by atoms with Crippen LogP contribution < -0.4 is 5.32 Å². The van der Waals surface area contributed by atoms with E-state index in [0.29, 0.717) is 5.56 Å². The molecule has 0 amide bonds. The second-order valence-electron chi connectivity index (χ2n) is 3.81. The van der Waals surface area contributed by atoms with E-state index in [1.54, 1.807) is 6.92 Å². The summed E-state index contributed by atoms with van der Waals surface area (Å²) in [6.45, 7) is 2.03. The molecular weight excluding hydrogens is 242 g/mol. The number of aliphatic hydroxyl groups excluding tert-OH is 1. The van der Waals surface area contributed by atoms with Crippen molar-refractivity contribution in [3.63, 3.8) is 0 Å². The first-order chi connectivity index (χ1) is 8.41. The van der Waals surface area contributed by atoms with Crippen molar-refractivity contribution in [2.45, 2.75) is 19.6 Å². The van der Waals surface area contributed by atoms with Gasteiger partial charge in [-0.3, -0.25) is 20.2 Å². The van der Waals surface area contributed by atoms with Crippen molar-refractivity contribution >= 4 is 11.4 Å². The number of aliphatic hydroxyl groups is 1. The number of benzene rings is 1. The van der Waals surface area contributed by atoms with Crippen molar-refractivity contribution in [2.75, 3.05) is 6.54 Å². The third kappa shape index (κ3) is 3.75. The van der Waals surface area contributed by atoms with Gasteiger partial charge in [0.2, 0.25) is 0 Å². The third-order valence-corrected chi connectivity index (χ3v) is 2.23. The molecule has 8 nitrogen and oxygen atoms in total. The molecule has 0 spiro atoms. The Labute approximate surface area is 103 Å². The van der Waals surface area contributed by atoms with Crippen LogP contribution in [0.3, 0.4) is 0 Å². The quantitative estimate of drug-likeness (QED) is 0.577. The highest BCUT2D eigenvalue weighted by molar-refractivity contribution is 5.49. The molecular formula is C10H13N3O5. The second kappa shape index (κ2) is 6.03. The van der Waals surface area contributed by atoms with Crippen LogP contribution in [-0.4, -0.2) is 27.6 Å². The largest absolute Gasteiger partial charge is 0.392 e. The van der Waals surface area contributed by atoms with Crippen molar-refractivity contribution in [3.05, 3.63) is 44.0 Å². The minimum atomic E-state index is -0.681. The van der Waals surface area contributed by atoms with Gasteiger partial charge in [0.1, 0.15) is 0 Å². The molecule has 0 aliphatic heterocycles.